The van der Waals surface area contributed by atoms with Gasteiger partial charge in [-0.25, -0.2) is 14.6 Å². The molecule has 13 nitrogen and oxygen atoms in total. The second kappa shape index (κ2) is 14.1. The molecule has 0 spiro atoms. The van der Waals surface area contributed by atoms with Gasteiger partial charge in [0.1, 0.15) is 23.9 Å². The number of para-hydroxylation sites is 1. The molecule has 0 aliphatic rings. The van der Waals surface area contributed by atoms with Crippen LogP contribution in [-0.2, 0) is 24.4 Å². The first-order valence-corrected chi connectivity index (χ1v) is 14.1. The first kappa shape index (κ1) is 30.7. The van der Waals surface area contributed by atoms with Gasteiger partial charge in [0.15, 0.2) is 11.4 Å². The summed E-state index contributed by atoms with van der Waals surface area (Å²) >= 11 is 6.23. The number of unbranched alkanes of at least 4 members (excludes halogenated alkanes) is 1. The van der Waals surface area contributed by atoms with Crippen LogP contribution >= 0.6 is 11.6 Å². The van der Waals surface area contributed by atoms with Gasteiger partial charge in [0, 0.05) is 24.1 Å². The van der Waals surface area contributed by atoms with Crippen molar-refractivity contribution in [2.75, 3.05) is 0 Å². The van der Waals surface area contributed by atoms with Gasteiger partial charge in [0.05, 0.1) is 5.39 Å². The molecule has 5 rings (SSSR count). The number of carbonyl (C=O) groups excluding carboxylic acids is 2. The van der Waals surface area contributed by atoms with Gasteiger partial charge in [-0.1, -0.05) is 96.5 Å². The zero-order valence-electron chi connectivity index (χ0n) is 23.6. The quantitative estimate of drug-likeness (QED) is 0.132. The number of benzene rings is 3. The average molecular weight is 618 g/mol. The number of aromatic nitrogens is 6. The van der Waals surface area contributed by atoms with Crippen LogP contribution in [0.4, 0.5) is 4.79 Å². The van der Waals surface area contributed by atoms with Crippen LogP contribution in [0, 0.1) is 0 Å². The van der Waals surface area contributed by atoms with E-state index in [2.05, 4.69) is 32.2 Å². The second-order valence-corrected chi connectivity index (χ2v) is 10.0. The van der Waals surface area contributed by atoms with Gasteiger partial charge in [0.2, 0.25) is 5.82 Å². The fourth-order valence-electron chi connectivity index (χ4n) is 4.58. The van der Waals surface area contributed by atoms with Crippen LogP contribution in [-0.4, -0.2) is 57.9 Å². The van der Waals surface area contributed by atoms with Crippen molar-refractivity contribution in [2.45, 2.75) is 39.3 Å². The molecule has 14 heteroatoms. The lowest BCUT2D eigenvalue weighted by Gasteiger charge is -2.11. The molecule has 0 unspecified atom stereocenters. The third kappa shape index (κ3) is 7.05. The molecule has 0 amide bonds. The highest BCUT2D eigenvalue weighted by Gasteiger charge is 2.19. The summed E-state index contributed by atoms with van der Waals surface area (Å²) in [6, 6.07) is 21.7. The molecule has 44 heavy (non-hydrogen) atoms. The Morgan fingerprint density at radius 2 is 1.75 bits per heavy atom. The van der Waals surface area contributed by atoms with Gasteiger partial charge in [-0.2, -0.15) is 0 Å². The van der Waals surface area contributed by atoms with Gasteiger partial charge < -0.3 is 9.30 Å². The zero-order valence-corrected chi connectivity index (χ0v) is 24.3. The number of carbonyl (C=O) groups is 2. The maximum atomic E-state index is 12.8. The summed E-state index contributed by atoms with van der Waals surface area (Å²) < 4.78 is 7.25. The van der Waals surface area contributed by atoms with Gasteiger partial charge >= 0.3 is 6.09 Å². The molecule has 0 atom stereocenters. The Morgan fingerprint density at radius 1 is 1.02 bits per heavy atom. The Kier molecular flexibility index (Phi) is 9.84. The molecule has 0 saturated heterocycles. The fraction of sp³-hybridized carbons (Fsp3) is 0.200. The van der Waals surface area contributed by atoms with Crippen LogP contribution in [0.2, 0.25) is 5.15 Å². The van der Waals surface area contributed by atoms with Gasteiger partial charge in [0.25, 0.3) is 0 Å². The Morgan fingerprint density at radius 3 is 2.48 bits per heavy atom. The normalized spacial score (nSPS) is 11.2. The third-order valence-electron chi connectivity index (χ3n) is 6.76. The van der Waals surface area contributed by atoms with Crippen molar-refractivity contribution < 1.29 is 29.6 Å². The number of tetrazole rings is 1. The van der Waals surface area contributed by atoms with Gasteiger partial charge in [-0.05, 0) is 34.4 Å². The van der Waals surface area contributed by atoms with Crippen molar-refractivity contribution in [1.82, 2.24) is 35.1 Å². The fourth-order valence-corrected chi connectivity index (χ4v) is 4.83. The van der Waals surface area contributed by atoms with E-state index < -0.39 is 11.5 Å². The number of halogens is 1. The van der Waals surface area contributed by atoms with E-state index in [0.717, 1.165) is 52.9 Å². The number of hydrogen-bond acceptors (Lipinski definition) is 11. The van der Waals surface area contributed by atoms with E-state index in [1.807, 2.05) is 53.1 Å². The van der Waals surface area contributed by atoms with Crippen molar-refractivity contribution in [1.29, 1.82) is 0 Å². The van der Waals surface area contributed by atoms with Crippen LogP contribution < -0.4 is 4.74 Å². The molecule has 0 aliphatic carbocycles. The van der Waals surface area contributed by atoms with Crippen molar-refractivity contribution in [3.05, 3.63) is 101 Å². The molecule has 0 bridgehead atoms. The number of ether oxygens (including phenoxy) is 1. The summed E-state index contributed by atoms with van der Waals surface area (Å²) in [5.74, 6) is 1.10. The lowest BCUT2D eigenvalue weighted by atomic mass is 9.98. The van der Waals surface area contributed by atoms with Gasteiger partial charge in [-0.3, -0.25) is 15.2 Å². The lowest BCUT2D eigenvalue weighted by molar-refractivity contribution is -0.497. The summed E-state index contributed by atoms with van der Waals surface area (Å²) in [5, 5.41) is 29.6. The minimum absolute atomic E-state index is 0.120. The van der Waals surface area contributed by atoms with Gasteiger partial charge in [-0.15, -0.1) is 10.2 Å². The maximum Gasteiger partial charge on any atom is 0.459 e. The molecule has 2 aromatic heterocycles. The summed E-state index contributed by atoms with van der Waals surface area (Å²) in [4.78, 5) is 34.3. The van der Waals surface area contributed by atoms with Crippen LogP contribution in [0.3, 0.4) is 0 Å². The average Bonchev–Trinajstić information content (AvgIpc) is 3.64. The van der Waals surface area contributed by atoms with Crippen molar-refractivity contribution in [3.63, 3.8) is 0 Å². The highest BCUT2D eigenvalue weighted by Crippen LogP contribution is 2.30. The van der Waals surface area contributed by atoms with E-state index in [1.165, 1.54) is 6.07 Å². The molecule has 2 N–H and O–H groups in total. The highest BCUT2D eigenvalue weighted by molar-refractivity contribution is 6.31. The summed E-state index contributed by atoms with van der Waals surface area (Å²) in [6.45, 7) is 2.27. The Hall–Kier alpha value is -4.79. The molecule has 0 fully saturated rings. The summed E-state index contributed by atoms with van der Waals surface area (Å²) in [6.07, 6.45) is 2.48. The molecule has 3 aromatic carbocycles. The molecular weight excluding hydrogens is 590 g/mol. The maximum absolute atomic E-state index is 12.8. The standard InChI is InChI=1S/C30H28ClN7O6/c1-2-3-12-27-32-28(31)25(18-39)36(27)17-20-13-15-21(16-14-20)23-9-5-6-10-24(23)29-33-35-37(34-29)30(40)44-26-11-7-4-8-22(26)19-43-38(41)42/h4-11,13-16,18,41-42H,2-3,12,17,19H2,1H3. The molecule has 2 heterocycles. The van der Waals surface area contributed by atoms with Crippen LogP contribution in [0.25, 0.3) is 22.5 Å². The number of imidazole rings is 1. The minimum atomic E-state index is -0.921. The van der Waals surface area contributed by atoms with Crippen LogP contribution in [0.15, 0.2) is 72.8 Å². The van der Waals surface area contributed by atoms with Crippen molar-refractivity contribution >= 4 is 24.0 Å². The third-order valence-corrected chi connectivity index (χ3v) is 7.04. The highest BCUT2D eigenvalue weighted by atomic mass is 35.5. The molecule has 5 aromatic rings. The summed E-state index contributed by atoms with van der Waals surface area (Å²) in [5.41, 5.74) is 4.03. The predicted molar refractivity (Wildman–Crippen MR) is 157 cm³/mol. The summed E-state index contributed by atoms with van der Waals surface area (Å²) in [7, 11) is 0. The smallest absolute Gasteiger partial charge is 0.407 e. The monoisotopic (exact) mass is 617 g/mol. The van der Waals surface area contributed by atoms with Crippen LogP contribution in [0.1, 0.15) is 47.2 Å². The lowest BCUT2D eigenvalue weighted by Crippen LogP contribution is -2.21. The Labute approximate surface area is 256 Å². The Balaban J connectivity index is 1.35. The minimum Gasteiger partial charge on any atom is -0.407 e. The topological polar surface area (TPSA) is 158 Å². The first-order valence-electron chi connectivity index (χ1n) is 13.7. The van der Waals surface area contributed by atoms with E-state index in [9.17, 15) is 9.59 Å². The number of aryl methyl sites for hydroxylation is 1. The number of hydrogen-bond donors (Lipinski definition) is 2. The predicted octanol–water partition coefficient (Wildman–Crippen LogP) is 5.62. The van der Waals surface area contributed by atoms with Crippen molar-refractivity contribution in [3.8, 4) is 28.3 Å². The van der Waals surface area contributed by atoms with E-state index in [0.29, 0.717) is 23.4 Å². The number of nitrogens with zero attached hydrogens (tertiary/aromatic N) is 7. The van der Waals surface area contributed by atoms with E-state index in [-0.39, 0.29) is 23.3 Å². The van der Waals surface area contributed by atoms with E-state index >= 15 is 0 Å². The molecular formula is C30H28ClN7O6. The number of aldehydes is 1. The molecule has 0 saturated carbocycles. The van der Waals surface area contributed by atoms with E-state index in [1.54, 1.807) is 18.2 Å². The molecule has 0 radical (unpaired) electrons. The number of rotatable bonds is 12. The largest absolute Gasteiger partial charge is 0.459 e. The van der Waals surface area contributed by atoms with Crippen molar-refractivity contribution in [2.24, 2.45) is 0 Å². The van der Waals surface area contributed by atoms with Crippen LogP contribution in [0.5, 0.6) is 5.75 Å². The van der Waals surface area contributed by atoms with E-state index in [4.69, 9.17) is 26.8 Å². The first-order chi connectivity index (χ1) is 21.4. The zero-order chi connectivity index (χ0) is 31.1. The molecule has 226 valence electrons. The second-order valence-electron chi connectivity index (χ2n) is 9.66. The SMILES string of the molecule is CCCCc1nc(Cl)c(C=O)n1Cc1ccc(-c2ccccc2-c2nnn(C(=O)Oc3ccccc3CON(O)O)n2)cc1. The molecule has 0 aliphatic heterocycles. The Bertz CT molecular complexity index is 1750.